The van der Waals surface area contributed by atoms with Crippen molar-refractivity contribution in [2.24, 2.45) is 5.92 Å². The molecule has 82 valence electrons. The first-order chi connectivity index (χ1) is 6.70. The molecule has 0 aromatic rings. The molecule has 1 fully saturated rings. The van der Waals surface area contributed by atoms with E-state index in [2.05, 4.69) is 12.2 Å². The molecule has 0 saturated carbocycles. The van der Waals surface area contributed by atoms with Gasteiger partial charge in [-0.2, -0.15) is 11.8 Å². The number of rotatable bonds is 5. The standard InChI is InChI=1S/C11H21NOS/c1-9(13)5-8-14-10(2)11-3-6-12-7-4-11/h10-12H,3-8H2,1-2H3. The zero-order valence-corrected chi connectivity index (χ0v) is 10.0. The van der Waals surface area contributed by atoms with Gasteiger partial charge in [0.15, 0.2) is 0 Å². The Morgan fingerprint density at radius 2 is 2.14 bits per heavy atom. The topological polar surface area (TPSA) is 29.1 Å². The lowest BCUT2D eigenvalue weighted by molar-refractivity contribution is -0.116. The minimum absolute atomic E-state index is 0.315. The number of nitrogens with one attached hydrogen (secondary N) is 1. The molecule has 0 amide bonds. The predicted octanol–water partition coefficient (Wildman–Crippen LogP) is 2.09. The summed E-state index contributed by atoms with van der Waals surface area (Å²) < 4.78 is 0. The van der Waals surface area contributed by atoms with E-state index in [1.165, 1.54) is 25.9 Å². The van der Waals surface area contributed by atoms with E-state index < -0.39 is 0 Å². The van der Waals surface area contributed by atoms with Gasteiger partial charge < -0.3 is 5.32 Å². The number of thioether (sulfide) groups is 1. The molecule has 1 heterocycles. The second kappa shape index (κ2) is 6.46. The van der Waals surface area contributed by atoms with Crippen LogP contribution in [0.5, 0.6) is 0 Å². The molecule has 1 saturated heterocycles. The third kappa shape index (κ3) is 4.47. The van der Waals surface area contributed by atoms with Gasteiger partial charge in [0.05, 0.1) is 0 Å². The van der Waals surface area contributed by atoms with Crippen LogP contribution in [0.2, 0.25) is 0 Å². The average Bonchev–Trinajstić information content (AvgIpc) is 2.18. The lowest BCUT2D eigenvalue weighted by Gasteiger charge is -2.27. The van der Waals surface area contributed by atoms with Crippen LogP contribution in [0.25, 0.3) is 0 Å². The lowest BCUT2D eigenvalue weighted by Crippen LogP contribution is -2.31. The largest absolute Gasteiger partial charge is 0.317 e. The Labute approximate surface area is 91.2 Å². The highest BCUT2D eigenvalue weighted by Crippen LogP contribution is 2.26. The molecule has 14 heavy (non-hydrogen) atoms. The molecule has 1 aliphatic heterocycles. The van der Waals surface area contributed by atoms with Crippen LogP contribution in [0.4, 0.5) is 0 Å². The van der Waals surface area contributed by atoms with Gasteiger partial charge in [-0.15, -0.1) is 0 Å². The summed E-state index contributed by atoms with van der Waals surface area (Å²) in [4.78, 5) is 10.8. The summed E-state index contributed by atoms with van der Waals surface area (Å²) in [5.41, 5.74) is 0. The lowest BCUT2D eigenvalue weighted by atomic mass is 9.95. The number of hydrogen-bond acceptors (Lipinski definition) is 3. The van der Waals surface area contributed by atoms with Gasteiger partial charge in [0.1, 0.15) is 5.78 Å². The van der Waals surface area contributed by atoms with Crippen LogP contribution in [0.15, 0.2) is 0 Å². The van der Waals surface area contributed by atoms with Gasteiger partial charge in [0, 0.05) is 17.4 Å². The molecule has 0 aromatic carbocycles. The van der Waals surface area contributed by atoms with Crippen molar-refractivity contribution in [2.45, 2.75) is 38.4 Å². The van der Waals surface area contributed by atoms with Crippen molar-refractivity contribution in [1.29, 1.82) is 0 Å². The van der Waals surface area contributed by atoms with Gasteiger partial charge >= 0.3 is 0 Å². The first-order valence-corrected chi connectivity index (χ1v) is 6.57. The molecule has 1 N–H and O–H groups in total. The summed E-state index contributed by atoms with van der Waals surface area (Å²) in [5, 5.41) is 4.10. The van der Waals surface area contributed by atoms with E-state index in [9.17, 15) is 4.79 Å². The normalized spacial score (nSPS) is 20.7. The predicted molar refractivity (Wildman–Crippen MR) is 62.8 cm³/mol. The summed E-state index contributed by atoms with van der Waals surface area (Å²) >= 11 is 1.96. The molecular weight excluding hydrogens is 194 g/mol. The van der Waals surface area contributed by atoms with Crippen LogP contribution in [-0.2, 0) is 4.79 Å². The highest BCUT2D eigenvalue weighted by atomic mass is 32.2. The average molecular weight is 215 g/mol. The maximum Gasteiger partial charge on any atom is 0.130 e. The van der Waals surface area contributed by atoms with Crippen molar-refractivity contribution in [3.63, 3.8) is 0 Å². The maximum absolute atomic E-state index is 10.8. The fourth-order valence-corrected chi connectivity index (χ4v) is 3.16. The molecule has 1 rings (SSSR count). The summed E-state index contributed by atoms with van der Waals surface area (Å²) in [7, 11) is 0. The highest BCUT2D eigenvalue weighted by molar-refractivity contribution is 7.99. The van der Waals surface area contributed by atoms with E-state index in [1.807, 2.05) is 11.8 Å². The molecule has 0 aromatic heterocycles. The smallest absolute Gasteiger partial charge is 0.130 e. The Morgan fingerprint density at radius 3 is 2.71 bits per heavy atom. The molecule has 1 unspecified atom stereocenters. The number of carbonyl (C=O) groups is 1. The zero-order valence-electron chi connectivity index (χ0n) is 9.21. The molecule has 3 heteroatoms. The Balaban J connectivity index is 2.13. The number of hydrogen-bond donors (Lipinski definition) is 1. The first-order valence-electron chi connectivity index (χ1n) is 5.52. The Morgan fingerprint density at radius 1 is 1.50 bits per heavy atom. The third-order valence-corrected chi connectivity index (χ3v) is 4.23. The van der Waals surface area contributed by atoms with E-state index in [-0.39, 0.29) is 0 Å². The molecule has 0 aliphatic carbocycles. The van der Waals surface area contributed by atoms with E-state index in [1.54, 1.807) is 6.92 Å². The zero-order chi connectivity index (χ0) is 10.4. The van der Waals surface area contributed by atoms with Crippen molar-refractivity contribution < 1.29 is 4.79 Å². The Kier molecular flexibility index (Phi) is 5.56. The van der Waals surface area contributed by atoms with Crippen molar-refractivity contribution >= 4 is 17.5 Å². The van der Waals surface area contributed by atoms with Crippen molar-refractivity contribution in [1.82, 2.24) is 5.32 Å². The SMILES string of the molecule is CC(=O)CCSC(C)C1CCNCC1. The van der Waals surface area contributed by atoms with Gasteiger partial charge in [-0.1, -0.05) is 6.92 Å². The number of Topliss-reactive ketones (excluding diaryl/α,β-unsaturated/α-hetero) is 1. The molecule has 0 radical (unpaired) electrons. The van der Waals surface area contributed by atoms with Crippen molar-refractivity contribution in [3.8, 4) is 0 Å². The Hall–Kier alpha value is -0.0200. The van der Waals surface area contributed by atoms with Gasteiger partial charge in [0.2, 0.25) is 0 Å². The maximum atomic E-state index is 10.8. The molecule has 0 spiro atoms. The van der Waals surface area contributed by atoms with Crippen LogP contribution in [0, 0.1) is 5.92 Å². The molecule has 0 bridgehead atoms. The third-order valence-electron chi connectivity index (χ3n) is 2.88. The van der Waals surface area contributed by atoms with Crippen molar-refractivity contribution in [3.05, 3.63) is 0 Å². The Bertz CT molecular complexity index is 178. The minimum Gasteiger partial charge on any atom is -0.317 e. The number of piperidine rings is 1. The summed E-state index contributed by atoms with van der Waals surface area (Å²) in [5.74, 6) is 2.17. The monoisotopic (exact) mass is 215 g/mol. The van der Waals surface area contributed by atoms with Gasteiger partial charge in [-0.05, 0) is 38.8 Å². The molecule has 1 atom stereocenters. The van der Waals surface area contributed by atoms with Crippen LogP contribution in [-0.4, -0.2) is 29.9 Å². The highest BCUT2D eigenvalue weighted by Gasteiger charge is 2.19. The number of carbonyl (C=O) groups excluding carboxylic acids is 1. The van der Waals surface area contributed by atoms with E-state index in [0.717, 1.165) is 23.3 Å². The minimum atomic E-state index is 0.315. The van der Waals surface area contributed by atoms with Gasteiger partial charge in [-0.3, -0.25) is 4.79 Å². The van der Waals surface area contributed by atoms with Crippen LogP contribution >= 0.6 is 11.8 Å². The molecule has 2 nitrogen and oxygen atoms in total. The van der Waals surface area contributed by atoms with E-state index in [4.69, 9.17) is 0 Å². The van der Waals surface area contributed by atoms with Gasteiger partial charge in [0.25, 0.3) is 0 Å². The molecular formula is C11H21NOS. The van der Waals surface area contributed by atoms with Crippen LogP contribution in [0.1, 0.15) is 33.1 Å². The fraction of sp³-hybridized carbons (Fsp3) is 0.909. The summed E-state index contributed by atoms with van der Waals surface area (Å²) in [6, 6.07) is 0. The summed E-state index contributed by atoms with van der Waals surface area (Å²) in [6.07, 6.45) is 3.34. The van der Waals surface area contributed by atoms with Crippen LogP contribution < -0.4 is 5.32 Å². The quantitative estimate of drug-likeness (QED) is 0.761. The van der Waals surface area contributed by atoms with E-state index in [0.29, 0.717) is 5.78 Å². The first kappa shape index (κ1) is 12.1. The second-order valence-electron chi connectivity index (χ2n) is 4.12. The number of ketones is 1. The van der Waals surface area contributed by atoms with E-state index >= 15 is 0 Å². The van der Waals surface area contributed by atoms with Crippen molar-refractivity contribution in [2.75, 3.05) is 18.8 Å². The summed E-state index contributed by atoms with van der Waals surface area (Å²) in [6.45, 7) is 6.32. The second-order valence-corrected chi connectivity index (χ2v) is 5.60. The molecule has 1 aliphatic rings. The van der Waals surface area contributed by atoms with Crippen LogP contribution in [0.3, 0.4) is 0 Å². The van der Waals surface area contributed by atoms with Gasteiger partial charge in [-0.25, -0.2) is 0 Å². The fourth-order valence-electron chi connectivity index (χ4n) is 1.84.